The summed E-state index contributed by atoms with van der Waals surface area (Å²) in [4.78, 5) is 14.2. The van der Waals surface area contributed by atoms with Gasteiger partial charge in [0.05, 0.1) is 0 Å². The summed E-state index contributed by atoms with van der Waals surface area (Å²) >= 11 is 3.42. The van der Waals surface area contributed by atoms with Crippen LogP contribution in [0.4, 0.5) is 0 Å². The first-order valence-electron chi connectivity index (χ1n) is 6.11. The van der Waals surface area contributed by atoms with Gasteiger partial charge in [-0.25, -0.2) is 0 Å². The van der Waals surface area contributed by atoms with Crippen LogP contribution < -0.4 is 0 Å². The minimum absolute atomic E-state index is 0.276. The van der Waals surface area contributed by atoms with Crippen LogP contribution in [0.3, 0.4) is 0 Å². The lowest BCUT2D eigenvalue weighted by molar-refractivity contribution is -0.133. The molecule has 2 atom stereocenters. The average molecular weight is 296 g/mol. The highest BCUT2D eigenvalue weighted by Crippen LogP contribution is 2.39. The summed E-state index contributed by atoms with van der Waals surface area (Å²) in [6, 6.07) is 10.2. The van der Waals surface area contributed by atoms with Crippen molar-refractivity contribution in [3.05, 3.63) is 35.9 Å². The zero-order valence-corrected chi connectivity index (χ0v) is 11.7. The summed E-state index contributed by atoms with van der Waals surface area (Å²) in [6.07, 6.45) is 1.06. The van der Waals surface area contributed by atoms with E-state index < -0.39 is 0 Å². The van der Waals surface area contributed by atoms with Crippen molar-refractivity contribution in [1.29, 1.82) is 0 Å². The van der Waals surface area contributed by atoms with E-state index in [1.807, 2.05) is 23.1 Å². The molecule has 1 amide bonds. The van der Waals surface area contributed by atoms with Crippen LogP contribution in [0.25, 0.3) is 0 Å². The lowest BCUT2D eigenvalue weighted by Crippen LogP contribution is -2.33. The fourth-order valence-corrected chi connectivity index (χ4v) is 2.50. The fraction of sp³-hybridized carbons (Fsp3) is 0.500. The Morgan fingerprint density at radius 1 is 1.41 bits per heavy atom. The molecule has 1 aromatic carbocycles. The van der Waals surface area contributed by atoms with Crippen LogP contribution in [0.5, 0.6) is 0 Å². The normalized spacial score (nSPS) is 22.2. The molecule has 0 aromatic heterocycles. The molecule has 17 heavy (non-hydrogen) atoms. The highest BCUT2D eigenvalue weighted by atomic mass is 79.9. The van der Waals surface area contributed by atoms with E-state index in [4.69, 9.17) is 0 Å². The molecule has 92 valence electrons. The molecule has 0 saturated heterocycles. The molecule has 0 spiro atoms. The molecule has 0 bridgehead atoms. The highest BCUT2D eigenvalue weighted by Gasteiger charge is 2.41. The van der Waals surface area contributed by atoms with E-state index in [1.165, 1.54) is 5.56 Å². The van der Waals surface area contributed by atoms with E-state index in [0.29, 0.717) is 11.8 Å². The Morgan fingerprint density at radius 3 is 2.59 bits per heavy atom. The Balaban J connectivity index is 1.99. The number of amides is 1. The zero-order chi connectivity index (χ0) is 12.3. The number of nitrogens with zero attached hydrogens (tertiary/aromatic N) is 1. The quantitative estimate of drug-likeness (QED) is 0.765. The molecule has 2 rings (SSSR count). The molecule has 2 unspecified atom stereocenters. The molecule has 1 aromatic rings. The number of rotatable bonds is 5. The second-order valence-electron chi connectivity index (χ2n) is 4.75. The first-order valence-corrected chi connectivity index (χ1v) is 7.23. The third kappa shape index (κ3) is 3.32. The number of alkyl halides is 1. The summed E-state index contributed by atoms with van der Waals surface area (Å²) in [7, 11) is 0. The molecule has 1 fully saturated rings. The van der Waals surface area contributed by atoms with Gasteiger partial charge in [0, 0.05) is 24.3 Å². The van der Waals surface area contributed by atoms with Crippen LogP contribution in [0.15, 0.2) is 30.3 Å². The van der Waals surface area contributed by atoms with Gasteiger partial charge in [0.15, 0.2) is 0 Å². The Kier molecular flexibility index (Phi) is 4.21. The topological polar surface area (TPSA) is 20.3 Å². The number of hydrogen-bond acceptors (Lipinski definition) is 1. The molecule has 0 N–H and O–H groups in total. The van der Waals surface area contributed by atoms with Crippen LogP contribution in [0, 0.1) is 11.8 Å². The number of hydrogen-bond donors (Lipinski definition) is 0. The molecule has 3 heteroatoms. The van der Waals surface area contributed by atoms with Crippen LogP contribution in [-0.4, -0.2) is 22.7 Å². The summed E-state index contributed by atoms with van der Waals surface area (Å²) in [5.41, 5.74) is 1.20. The van der Waals surface area contributed by atoms with E-state index in [1.54, 1.807) is 0 Å². The number of halogens is 1. The van der Waals surface area contributed by atoms with Crippen molar-refractivity contribution in [2.24, 2.45) is 11.8 Å². The average Bonchev–Trinajstić information content (AvgIpc) is 3.06. The number of benzene rings is 1. The van der Waals surface area contributed by atoms with Crippen molar-refractivity contribution < 1.29 is 4.79 Å². The second-order valence-corrected chi connectivity index (χ2v) is 5.55. The Morgan fingerprint density at radius 2 is 2.06 bits per heavy atom. The molecule has 1 aliphatic rings. The zero-order valence-electron chi connectivity index (χ0n) is 10.1. The molecule has 1 saturated carbocycles. The van der Waals surface area contributed by atoms with E-state index in [2.05, 4.69) is 35.0 Å². The maximum Gasteiger partial charge on any atom is 0.226 e. The second kappa shape index (κ2) is 5.67. The van der Waals surface area contributed by atoms with Gasteiger partial charge in [0.2, 0.25) is 5.91 Å². The van der Waals surface area contributed by atoms with Gasteiger partial charge in [-0.05, 0) is 17.9 Å². The Hall–Kier alpha value is -0.830. The van der Waals surface area contributed by atoms with Crippen LogP contribution in [-0.2, 0) is 11.3 Å². The molecule has 1 aliphatic carbocycles. The molecular weight excluding hydrogens is 278 g/mol. The van der Waals surface area contributed by atoms with Gasteiger partial charge >= 0.3 is 0 Å². The summed E-state index contributed by atoms with van der Waals surface area (Å²) in [5, 5.41) is 0.840. The molecule has 0 radical (unpaired) electrons. The van der Waals surface area contributed by atoms with E-state index in [9.17, 15) is 4.79 Å². The van der Waals surface area contributed by atoms with E-state index >= 15 is 0 Å². The monoisotopic (exact) mass is 295 g/mol. The minimum Gasteiger partial charge on any atom is -0.337 e. The smallest absolute Gasteiger partial charge is 0.226 e. The van der Waals surface area contributed by atoms with Crippen molar-refractivity contribution >= 4 is 21.8 Å². The van der Waals surface area contributed by atoms with Gasteiger partial charge in [-0.15, -0.1) is 0 Å². The Labute approximate surface area is 111 Å². The van der Waals surface area contributed by atoms with Crippen molar-refractivity contribution in [2.75, 3.05) is 11.9 Å². The largest absolute Gasteiger partial charge is 0.337 e. The van der Waals surface area contributed by atoms with Gasteiger partial charge in [0.1, 0.15) is 0 Å². The first kappa shape index (κ1) is 12.6. The van der Waals surface area contributed by atoms with Gasteiger partial charge in [-0.2, -0.15) is 0 Å². The van der Waals surface area contributed by atoms with Crippen LogP contribution in [0.2, 0.25) is 0 Å². The predicted molar refractivity (Wildman–Crippen MR) is 72.9 cm³/mol. The third-order valence-electron chi connectivity index (χ3n) is 3.31. The highest BCUT2D eigenvalue weighted by molar-refractivity contribution is 9.09. The van der Waals surface area contributed by atoms with Gasteiger partial charge in [0.25, 0.3) is 0 Å². The maximum atomic E-state index is 12.2. The summed E-state index contributed by atoms with van der Waals surface area (Å²) < 4.78 is 0. The van der Waals surface area contributed by atoms with Gasteiger partial charge in [-0.1, -0.05) is 53.2 Å². The fourth-order valence-electron chi connectivity index (χ4n) is 2.07. The summed E-state index contributed by atoms with van der Waals surface area (Å²) in [6.45, 7) is 3.67. The first-order chi connectivity index (χ1) is 8.22. The minimum atomic E-state index is 0.276. The SMILES string of the molecule is CC1CC1C(=O)N(CCBr)Cc1ccccc1. The number of carbonyl (C=O) groups is 1. The Bertz CT molecular complexity index is 379. The van der Waals surface area contributed by atoms with Crippen molar-refractivity contribution in [1.82, 2.24) is 4.90 Å². The van der Waals surface area contributed by atoms with Gasteiger partial charge in [-0.3, -0.25) is 4.79 Å². The van der Waals surface area contributed by atoms with Crippen molar-refractivity contribution in [2.45, 2.75) is 19.9 Å². The maximum absolute atomic E-state index is 12.2. The molecule has 0 heterocycles. The van der Waals surface area contributed by atoms with Crippen molar-refractivity contribution in [3.63, 3.8) is 0 Å². The van der Waals surface area contributed by atoms with Crippen LogP contribution in [0.1, 0.15) is 18.9 Å². The molecule has 0 aliphatic heterocycles. The third-order valence-corrected chi connectivity index (χ3v) is 3.66. The standard InChI is InChI=1S/C14H18BrNO/c1-11-9-13(11)14(17)16(8-7-15)10-12-5-3-2-4-6-12/h2-6,11,13H,7-10H2,1H3. The molecular formula is C14H18BrNO. The van der Waals surface area contributed by atoms with E-state index in [0.717, 1.165) is 24.8 Å². The van der Waals surface area contributed by atoms with Gasteiger partial charge < -0.3 is 4.90 Å². The molecule has 2 nitrogen and oxygen atoms in total. The van der Waals surface area contributed by atoms with Crippen LogP contribution >= 0.6 is 15.9 Å². The van der Waals surface area contributed by atoms with E-state index in [-0.39, 0.29) is 5.92 Å². The number of carbonyl (C=O) groups excluding carboxylic acids is 1. The lowest BCUT2D eigenvalue weighted by Gasteiger charge is -2.22. The predicted octanol–water partition coefficient (Wildman–Crippen LogP) is 3.07. The lowest BCUT2D eigenvalue weighted by atomic mass is 10.2. The van der Waals surface area contributed by atoms with Crippen molar-refractivity contribution in [3.8, 4) is 0 Å². The summed E-state index contributed by atoms with van der Waals surface area (Å²) in [5.74, 6) is 1.18.